The smallest absolute Gasteiger partial charge is 0.335 e. The van der Waals surface area contributed by atoms with Crippen LogP contribution in [0.3, 0.4) is 0 Å². The molecule has 2 heterocycles. The summed E-state index contributed by atoms with van der Waals surface area (Å²) in [6, 6.07) is 6.36. The highest BCUT2D eigenvalue weighted by molar-refractivity contribution is 5.98. The fraction of sp³-hybridized carbons (Fsp3) is 0.500. The van der Waals surface area contributed by atoms with E-state index in [1.807, 2.05) is 6.92 Å². The van der Waals surface area contributed by atoms with Crippen molar-refractivity contribution >= 4 is 23.4 Å². The number of aromatic nitrogens is 3. The van der Waals surface area contributed by atoms with E-state index in [0.717, 1.165) is 34.4 Å². The van der Waals surface area contributed by atoms with Gasteiger partial charge >= 0.3 is 5.97 Å². The molecular weight excluding hydrogens is 494 g/mol. The molecule has 0 aliphatic heterocycles. The Morgan fingerprint density at radius 3 is 2.46 bits per heavy atom. The SMILES string of the molecule is Cc1c(C(=O)O)ccc2c1CC[C@@H]2NC(=O)c1cc(C(=O)NCC23CC4CC(CC(C4)C2)C3)nc2ccnn12. The van der Waals surface area contributed by atoms with E-state index < -0.39 is 5.97 Å². The number of hydrogen-bond acceptors (Lipinski definition) is 5. The van der Waals surface area contributed by atoms with Crippen LogP contribution in [0.15, 0.2) is 30.5 Å². The van der Waals surface area contributed by atoms with Gasteiger partial charge in [0.15, 0.2) is 5.65 Å². The van der Waals surface area contributed by atoms with Gasteiger partial charge in [0, 0.05) is 18.7 Å². The van der Waals surface area contributed by atoms with Gasteiger partial charge in [-0.2, -0.15) is 5.10 Å². The number of benzene rings is 1. The monoisotopic (exact) mass is 527 g/mol. The minimum Gasteiger partial charge on any atom is -0.478 e. The molecule has 1 aromatic carbocycles. The molecule has 0 spiro atoms. The summed E-state index contributed by atoms with van der Waals surface area (Å²) < 4.78 is 1.46. The Balaban J connectivity index is 1.11. The van der Waals surface area contributed by atoms with Gasteiger partial charge in [-0.15, -0.1) is 0 Å². The van der Waals surface area contributed by atoms with E-state index >= 15 is 0 Å². The van der Waals surface area contributed by atoms with Gasteiger partial charge in [0.05, 0.1) is 17.8 Å². The third-order valence-corrected chi connectivity index (χ3v) is 9.84. The zero-order chi connectivity index (χ0) is 26.9. The van der Waals surface area contributed by atoms with E-state index in [4.69, 9.17) is 0 Å². The number of amides is 2. The largest absolute Gasteiger partial charge is 0.478 e. The highest BCUT2D eigenvalue weighted by atomic mass is 16.4. The molecule has 0 radical (unpaired) electrons. The molecule has 3 aromatic rings. The maximum Gasteiger partial charge on any atom is 0.335 e. The van der Waals surface area contributed by atoms with Crippen molar-refractivity contribution in [1.82, 2.24) is 25.2 Å². The van der Waals surface area contributed by atoms with Crippen molar-refractivity contribution in [2.24, 2.45) is 23.2 Å². The van der Waals surface area contributed by atoms with E-state index in [1.165, 1.54) is 49.1 Å². The summed E-state index contributed by atoms with van der Waals surface area (Å²) in [5.74, 6) is 0.875. The first-order valence-electron chi connectivity index (χ1n) is 14.1. The number of carbonyl (C=O) groups excluding carboxylic acids is 2. The highest BCUT2D eigenvalue weighted by Crippen LogP contribution is 2.59. The van der Waals surface area contributed by atoms with Crippen molar-refractivity contribution in [3.05, 3.63) is 64.1 Å². The summed E-state index contributed by atoms with van der Waals surface area (Å²) in [7, 11) is 0. The number of aromatic carboxylic acids is 1. The number of carboxylic acids is 1. The average Bonchev–Trinajstić information content (AvgIpc) is 3.53. The Kier molecular flexibility index (Phi) is 5.54. The molecule has 202 valence electrons. The Morgan fingerprint density at radius 2 is 1.77 bits per heavy atom. The normalized spacial score (nSPS) is 28.4. The van der Waals surface area contributed by atoms with Crippen LogP contribution in [0.1, 0.15) is 99.0 Å². The van der Waals surface area contributed by atoms with Gasteiger partial charge in [-0.3, -0.25) is 9.59 Å². The van der Waals surface area contributed by atoms with Gasteiger partial charge < -0.3 is 15.7 Å². The number of rotatable bonds is 6. The van der Waals surface area contributed by atoms with Crippen LogP contribution < -0.4 is 10.6 Å². The number of carboxylic acid groups (broad SMARTS) is 1. The summed E-state index contributed by atoms with van der Waals surface area (Å²) in [4.78, 5) is 42.9. The standard InChI is InChI=1S/C30H33N5O4/c1-16-20-4-5-23(22(20)3-2-21(16)29(38)39)34-28(37)25-11-24(33-26-6-7-32-35(25)26)27(36)31-15-30-12-17-8-18(13-30)10-19(9-17)14-30/h2-3,6-7,11,17-19,23H,4-5,8-10,12-15H2,1H3,(H,31,36)(H,34,37)(H,38,39)/t17?,18?,19?,23-,30?/m0/s1. The first-order valence-corrected chi connectivity index (χ1v) is 14.1. The van der Waals surface area contributed by atoms with Gasteiger partial charge in [0.25, 0.3) is 11.8 Å². The van der Waals surface area contributed by atoms with Crippen molar-refractivity contribution in [2.75, 3.05) is 6.54 Å². The van der Waals surface area contributed by atoms with Crippen molar-refractivity contribution in [3.63, 3.8) is 0 Å². The van der Waals surface area contributed by atoms with Gasteiger partial charge in [-0.25, -0.2) is 14.3 Å². The molecule has 0 saturated heterocycles. The van der Waals surface area contributed by atoms with Crippen LogP contribution in [0, 0.1) is 30.1 Å². The number of nitrogens with one attached hydrogen (secondary N) is 2. The van der Waals surface area contributed by atoms with Gasteiger partial charge in [0.1, 0.15) is 11.4 Å². The van der Waals surface area contributed by atoms with Crippen LogP contribution in [0.5, 0.6) is 0 Å². The Labute approximate surface area is 226 Å². The fourth-order valence-electron chi connectivity index (χ4n) is 8.55. The lowest BCUT2D eigenvalue weighted by molar-refractivity contribution is -0.0503. The van der Waals surface area contributed by atoms with Crippen LogP contribution in [0.25, 0.3) is 5.65 Å². The van der Waals surface area contributed by atoms with Crippen LogP contribution in [0.2, 0.25) is 0 Å². The number of hydrogen-bond donors (Lipinski definition) is 3. The third kappa shape index (κ3) is 4.10. The number of nitrogens with zero attached hydrogens (tertiary/aromatic N) is 3. The summed E-state index contributed by atoms with van der Waals surface area (Å²) in [6.45, 7) is 2.48. The van der Waals surface area contributed by atoms with Crippen molar-refractivity contribution in [3.8, 4) is 0 Å². The Hall–Kier alpha value is -3.75. The van der Waals surface area contributed by atoms with E-state index in [0.29, 0.717) is 25.0 Å². The van der Waals surface area contributed by atoms with Crippen molar-refractivity contribution in [1.29, 1.82) is 0 Å². The molecule has 3 N–H and O–H groups in total. The molecule has 4 saturated carbocycles. The first kappa shape index (κ1) is 24.3. The zero-order valence-electron chi connectivity index (χ0n) is 22.1. The molecule has 9 heteroatoms. The predicted octanol–water partition coefficient (Wildman–Crippen LogP) is 4.10. The van der Waals surface area contributed by atoms with E-state index in [-0.39, 0.29) is 40.2 Å². The topological polar surface area (TPSA) is 126 Å². The van der Waals surface area contributed by atoms with Crippen molar-refractivity contribution in [2.45, 2.75) is 64.3 Å². The Bertz CT molecular complexity index is 1490. The lowest BCUT2D eigenvalue weighted by atomic mass is 9.49. The Morgan fingerprint density at radius 1 is 1.05 bits per heavy atom. The molecule has 0 unspecified atom stereocenters. The second-order valence-corrected chi connectivity index (χ2v) is 12.4. The second-order valence-electron chi connectivity index (χ2n) is 12.4. The summed E-state index contributed by atoms with van der Waals surface area (Å²) in [6.07, 6.45) is 10.6. The number of carbonyl (C=O) groups is 3. The second kappa shape index (κ2) is 8.89. The van der Waals surface area contributed by atoms with E-state index in [1.54, 1.807) is 24.4 Å². The first-order chi connectivity index (χ1) is 18.8. The molecule has 9 nitrogen and oxygen atoms in total. The molecule has 5 aliphatic rings. The molecule has 2 amide bonds. The van der Waals surface area contributed by atoms with E-state index in [9.17, 15) is 19.5 Å². The molecule has 4 bridgehead atoms. The van der Waals surface area contributed by atoms with Crippen LogP contribution in [0.4, 0.5) is 0 Å². The maximum absolute atomic E-state index is 13.5. The minimum atomic E-state index is -0.949. The van der Waals surface area contributed by atoms with Gasteiger partial charge in [0.2, 0.25) is 0 Å². The zero-order valence-corrected chi connectivity index (χ0v) is 22.1. The van der Waals surface area contributed by atoms with E-state index in [2.05, 4.69) is 20.7 Å². The minimum absolute atomic E-state index is 0.208. The predicted molar refractivity (Wildman–Crippen MR) is 143 cm³/mol. The van der Waals surface area contributed by atoms with Gasteiger partial charge in [-0.1, -0.05) is 6.07 Å². The molecule has 1 atom stereocenters. The number of fused-ring (bicyclic) bond motifs is 2. The fourth-order valence-corrected chi connectivity index (χ4v) is 8.55. The molecule has 8 rings (SSSR count). The van der Waals surface area contributed by atoms with Gasteiger partial charge in [-0.05, 0) is 104 Å². The summed E-state index contributed by atoms with van der Waals surface area (Å²) >= 11 is 0. The van der Waals surface area contributed by atoms with Crippen molar-refractivity contribution < 1.29 is 19.5 Å². The quantitative estimate of drug-likeness (QED) is 0.443. The van der Waals surface area contributed by atoms with Crippen LogP contribution in [-0.2, 0) is 6.42 Å². The maximum atomic E-state index is 13.5. The highest BCUT2D eigenvalue weighted by Gasteiger charge is 2.50. The molecule has 39 heavy (non-hydrogen) atoms. The third-order valence-electron chi connectivity index (χ3n) is 9.84. The molecule has 2 aromatic heterocycles. The lowest BCUT2D eigenvalue weighted by Crippen LogP contribution is -2.51. The molecule has 4 fully saturated rings. The average molecular weight is 528 g/mol. The lowest BCUT2D eigenvalue weighted by Gasteiger charge is -2.56. The summed E-state index contributed by atoms with van der Waals surface area (Å²) in [5, 5.41) is 20.0. The molecular formula is C30H33N5O4. The summed E-state index contributed by atoms with van der Waals surface area (Å²) in [5.41, 5.74) is 4.06. The van der Waals surface area contributed by atoms with Crippen LogP contribution in [-0.4, -0.2) is 44.0 Å². The van der Waals surface area contributed by atoms with Crippen LogP contribution >= 0.6 is 0 Å². The molecule has 5 aliphatic carbocycles.